The Morgan fingerprint density at radius 2 is 2.08 bits per heavy atom. The van der Waals surface area contributed by atoms with E-state index in [-0.39, 0.29) is 11.8 Å². The topological polar surface area (TPSA) is 84.7 Å². The second kappa shape index (κ2) is 7.43. The molecule has 0 aromatic carbocycles. The van der Waals surface area contributed by atoms with Crippen molar-refractivity contribution < 1.29 is 17.9 Å². The molecule has 1 saturated heterocycles. The van der Waals surface area contributed by atoms with Crippen molar-refractivity contribution in [3.05, 3.63) is 17.5 Å². The van der Waals surface area contributed by atoms with Crippen molar-refractivity contribution in [3.8, 4) is 0 Å². The maximum atomic E-state index is 12.8. The van der Waals surface area contributed by atoms with Crippen molar-refractivity contribution in [3.63, 3.8) is 0 Å². The van der Waals surface area contributed by atoms with E-state index in [2.05, 4.69) is 5.10 Å². The van der Waals surface area contributed by atoms with Gasteiger partial charge < -0.3 is 9.64 Å². The van der Waals surface area contributed by atoms with Crippen molar-refractivity contribution in [1.82, 2.24) is 19.0 Å². The molecule has 140 valence electrons. The number of hydrogen-bond acceptors (Lipinski definition) is 5. The van der Waals surface area contributed by atoms with Gasteiger partial charge in [0.25, 0.3) is 5.91 Å². The zero-order valence-electron chi connectivity index (χ0n) is 14.8. The summed E-state index contributed by atoms with van der Waals surface area (Å²) in [4.78, 5) is 14.6. The van der Waals surface area contributed by atoms with Gasteiger partial charge in [-0.2, -0.15) is 5.10 Å². The third-order valence-electron chi connectivity index (χ3n) is 4.94. The van der Waals surface area contributed by atoms with Crippen LogP contribution in [-0.4, -0.2) is 79.5 Å². The first-order chi connectivity index (χ1) is 11.9. The summed E-state index contributed by atoms with van der Waals surface area (Å²) in [7, 11) is -1.57. The van der Waals surface area contributed by atoms with E-state index < -0.39 is 10.0 Å². The second-order valence-electron chi connectivity index (χ2n) is 6.78. The minimum atomic E-state index is -3.19. The van der Waals surface area contributed by atoms with Gasteiger partial charge in [0.15, 0.2) is 0 Å². The number of methoxy groups -OCH3 is 1. The molecule has 0 saturated carbocycles. The summed E-state index contributed by atoms with van der Waals surface area (Å²) in [5.74, 6) is 0.0206. The molecule has 8 nitrogen and oxygen atoms in total. The highest BCUT2D eigenvalue weighted by molar-refractivity contribution is 7.88. The minimum absolute atomic E-state index is 0.0240. The number of nitrogens with zero attached hydrogens (tertiary/aromatic N) is 4. The fraction of sp³-hybridized carbons (Fsp3) is 0.750. The van der Waals surface area contributed by atoms with Gasteiger partial charge in [-0.1, -0.05) is 0 Å². The number of piperidine rings is 1. The fourth-order valence-electron chi connectivity index (χ4n) is 3.55. The Kier molecular flexibility index (Phi) is 5.45. The zero-order chi connectivity index (χ0) is 18.0. The number of aromatic nitrogens is 2. The summed E-state index contributed by atoms with van der Waals surface area (Å²) < 4.78 is 32.0. The molecule has 0 radical (unpaired) electrons. The van der Waals surface area contributed by atoms with Crippen LogP contribution < -0.4 is 0 Å². The molecular formula is C16H26N4O4S. The average Bonchev–Trinajstić information content (AvgIpc) is 2.95. The van der Waals surface area contributed by atoms with Crippen LogP contribution in [-0.2, 0) is 21.3 Å². The van der Waals surface area contributed by atoms with Crippen molar-refractivity contribution in [2.24, 2.45) is 0 Å². The van der Waals surface area contributed by atoms with Gasteiger partial charge in [0.2, 0.25) is 10.0 Å². The van der Waals surface area contributed by atoms with Crippen LogP contribution in [0.1, 0.15) is 41.4 Å². The molecule has 1 fully saturated rings. The third kappa shape index (κ3) is 4.04. The molecule has 1 aromatic heterocycles. The minimum Gasteiger partial charge on any atom is -0.383 e. The highest BCUT2D eigenvalue weighted by Gasteiger charge is 2.31. The maximum absolute atomic E-state index is 12.8. The van der Waals surface area contributed by atoms with Gasteiger partial charge in [0.05, 0.1) is 18.6 Å². The van der Waals surface area contributed by atoms with E-state index in [0.29, 0.717) is 45.0 Å². The molecule has 1 amide bonds. The molecule has 3 rings (SSSR count). The highest BCUT2D eigenvalue weighted by Crippen LogP contribution is 2.28. The summed E-state index contributed by atoms with van der Waals surface area (Å²) in [5, 5.41) is 4.63. The maximum Gasteiger partial charge on any atom is 0.272 e. The molecule has 25 heavy (non-hydrogen) atoms. The van der Waals surface area contributed by atoms with Crippen LogP contribution in [0.25, 0.3) is 0 Å². The Morgan fingerprint density at radius 1 is 1.28 bits per heavy atom. The first-order valence-corrected chi connectivity index (χ1v) is 10.6. The van der Waals surface area contributed by atoms with Gasteiger partial charge >= 0.3 is 0 Å². The SMILES string of the molecule is COCCN1CCCn2nc(C3CCCN(S(C)(=O)=O)C3)cc2C1=O. The predicted molar refractivity (Wildman–Crippen MR) is 93.0 cm³/mol. The molecule has 0 N–H and O–H groups in total. The van der Waals surface area contributed by atoms with Gasteiger partial charge in [-0.05, 0) is 25.3 Å². The second-order valence-corrected chi connectivity index (χ2v) is 8.76. The van der Waals surface area contributed by atoms with Gasteiger partial charge in [-0.3, -0.25) is 9.48 Å². The van der Waals surface area contributed by atoms with E-state index in [9.17, 15) is 13.2 Å². The Morgan fingerprint density at radius 3 is 2.80 bits per heavy atom. The number of rotatable bonds is 5. The molecule has 1 unspecified atom stereocenters. The van der Waals surface area contributed by atoms with Gasteiger partial charge in [-0.15, -0.1) is 0 Å². The molecular weight excluding hydrogens is 344 g/mol. The number of amides is 1. The molecule has 0 aliphatic carbocycles. The Hall–Kier alpha value is -1.45. The number of ether oxygens (including phenoxy) is 1. The van der Waals surface area contributed by atoms with Crippen LogP contribution in [0.3, 0.4) is 0 Å². The van der Waals surface area contributed by atoms with Crippen LogP contribution in [0.5, 0.6) is 0 Å². The van der Waals surface area contributed by atoms with Gasteiger partial charge in [-0.25, -0.2) is 12.7 Å². The normalized spacial score (nSPS) is 22.7. The predicted octanol–water partition coefficient (Wildman–Crippen LogP) is 0.514. The zero-order valence-corrected chi connectivity index (χ0v) is 15.7. The van der Waals surface area contributed by atoms with E-state index in [4.69, 9.17) is 4.74 Å². The van der Waals surface area contributed by atoms with E-state index in [1.165, 1.54) is 10.6 Å². The van der Waals surface area contributed by atoms with Crippen LogP contribution in [0.4, 0.5) is 0 Å². The molecule has 9 heteroatoms. The smallest absolute Gasteiger partial charge is 0.272 e. The Balaban J connectivity index is 1.80. The highest BCUT2D eigenvalue weighted by atomic mass is 32.2. The molecule has 3 heterocycles. The molecule has 0 bridgehead atoms. The van der Waals surface area contributed by atoms with E-state index in [1.54, 1.807) is 16.7 Å². The number of fused-ring (bicyclic) bond motifs is 1. The van der Waals surface area contributed by atoms with Crippen molar-refractivity contribution >= 4 is 15.9 Å². The van der Waals surface area contributed by atoms with E-state index in [0.717, 1.165) is 25.0 Å². The van der Waals surface area contributed by atoms with Gasteiger partial charge in [0, 0.05) is 45.8 Å². The third-order valence-corrected chi connectivity index (χ3v) is 6.21. The first kappa shape index (κ1) is 18.3. The lowest BCUT2D eigenvalue weighted by molar-refractivity contribution is 0.0698. The summed E-state index contributed by atoms with van der Waals surface area (Å²) >= 11 is 0. The average molecular weight is 370 g/mol. The summed E-state index contributed by atoms with van der Waals surface area (Å²) in [6, 6.07) is 1.85. The van der Waals surface area contributed by atoms with E-state index in [1.807, 2.05) is 6.07 Å². The number of carbonyl (C=O) groups is 1. The van der Waals surface area contributed by atoms with Crippen molar-refractivity contribution in [2.45, 2.75) is 31.7 Å². The number of sulfonamides is 1. The lowest BCUT2D eigenvalue weighted by atomic mass is 9.96. The largest absolute Gasteiger partial charge is 0.383 e. The van der Waals surface area contributed by atoms with Crippen molar-refractivity contribution in [1.29, 1.82) is 0 Å². The lowest BCUT2D eigenvalue weighted by Gasteiger charge is -2.29. The summed E-state index contributed by atoms with van der Waals surface area (Å²) in [6.07, 6.45) is 3.80. The summed E-state index contributed by atoms with van der Waals surface area (Å²) in [6.45, 7) is 3.49. The molecule has 0 spiro atoms. The monoisotopic (exact) mass is 370 g/mol. The van der Waals surface area contributed by atoms with Gasteiger partial charge in [0.1, 0.15) is 5.69 Å². The molecule has 1 aromatic rings. The van der Waals surface area contributed by atoms with Crippen LogP contribution >= 0.6 is 0 Å². The molecule has 1 atom stereocenters. The Bertz CT molecular complexity index is 730. The van der Waals surface area contributed by atoms with Crippen molar-refractivity contribution in [2.75, 3.05) is 46.2 Å². The number of hydrogen-bond donors (Lipinski definition) is 0. The number of aryl methyl sites for hydroxylation is 1. The van der Waals surface area contributed by atoms with Crippen LogP contribution in [0.15, 0.2) is 6.07 Å². The Labute approximate surface area is 148 Å². The quantitative estimate of drug-likeness (QED) is 0.754. The van der Waals surface area contributed by atoms with E-state index >= 15 is 0 Å². The van der Waals surface area contributed by atoms with Crippen LogP contribution in [0, 0.1) is 0 Å². The molecule has 2 aliphatic heterocycles. The lowest BCUT2D eigenvalue weighted by Crippen LogP contribution is -2.38. The summed E-state index contributed by atoms with van der Waals surface area (Å²) in [5.41, 5.74) is 1.42. The fourth-order valence-corrected chi connectivity index (χ4v) is 4.47. The molecule has 2 aliphatic rings. The standard InChI is InChI=1S/C16H26N4O4S/c1-24-10-9-18-6-4-8-20-15(16(18)21)11-14(17-20)13-5-3-7-19(12-13)25(2,22)23/h11,13H,3-10,12H2,1-2H3. The number of carbonyl (C=O) groups excluding carboxylic acids is 1. The van der Waals surface area contributed by atoms with Crippen LogP contribution in [0.2, 0.25) is 0 Å². The first-order valence-electron chi connectivity index (χ1n) is 8.71.